The fourth-order valence-corrected chi connectivity index (χ4v) is 4.01. The highest BCUT2D eigenvalue weighted by Crippen LogP contribution is 2.58. The molecule has 0 radical (unpaired) electrons. The highest BCUT2D eigenvalue weighted by Gasteiger charge is 2.57. The molecular weight excluding hydrogens is 307 g/mol. The minimum atomic E-state index is -0.0957. The maximum absolute atomic E-state index is 12.4. The molecule has 21 heavy (non-hydrogen) atoms. The lowest BCUT2D eigenvalue weighted by molar-refractivity contribution is -0.123. The summed E-state index contributed by atoms with van der Waals surface area (Å²) in [4.78, 5) is 12.4. The van der Waals surface area contributed by atoms with Gasteiger partial charge in [-0.3, -0.25) is 4.79 Å². The molecule has 1 aromatic rings. The average molecular weight is 327 g/mol. The summed E-state index contributed by atoms with van der Waals surface area (Å²) in [7, 11) is 0. The van der Waals surface area contributed by atoms with E-state index in [1.54, 1.807) is 12.1 Å². The predicted octanol–water partition coefficient (Wildman–Crippen LogP) is 3.56. The molecule has 1 saturated carbocycles. The summed E-state index contributed by atoms with van der Waals surface area (Å²) in [6.07, 6.45) is 3.25. The van der Waals surface area contributed by atoms with Gasteiger partial charge in [0, 0.05) is 16.0 Å². The van der Waals surface area contributed by atoms with E-state index in [-0.39, 0.29) is 23.3 Å². The zero-order valence-corrected chi connectivity index (χ0v) is 13.6. The molecule has 1 heterocycles. The van der Waals surface area contributed by atoms with E-state index < -0.39 is 0 Å². The topological polar surface area (TPSA) is 41.1 Å². The van der Waals surface area contributed by atoms with Gasteiger partial charge in [0.1, 0.15) is 0 Å². The predicted molar refractivity (Wildman–Crippen MR) is 85.7 cm³/mol. The van der Waals surface area contributed by atoms with Gasteiger partial charge in [-0.15, -0.1) is 0 Å². The summed E-state index contributed by atoms with van der Waals surface area (Å²) in [6, 6.07) is 5.30. The lowest BCUT2D eigenvalue weighted by atomic mass is 9.91. The van der Waals surface area contributed by atoms with Crippen molar-refractivity contribution in [3.8, 4) is 0 Å². The SMILES string of the molecule is CC(NC(=O)C1CC12CCNCC2)c1ccc(Cl)cc1Cl. The Balaban J connectivity index is 1.62. The van der Waals surface area contributed by atoms with Crippen LogP contribution in [0, 0.1) is 11.3 Å². The number of amides is 1. The summed E-state index contributed by atoms with van der Waals surface area (Å²) in [5.41, 5.74) is 1.17. The molecule has 2 aliphatic rings. The minimum absolute atomic E-state index is 0.0957. The lowest BCUT2D eigenvalue weighted by Gasteiger charge is -2.24. The van der Waals surface area contributed by atoms with E-state index in [1.807, 2.05) is 13.0 Å². The zero-order chi connectivity index (χ0) is 15.0. The summed E-state index contributed by atoms with van der Waals surface area (Å²) in [5, 5.41) is 7.67. The molecule has 5 heteroatoms. The van der Waals surface area contributed by atoms with Gasteiger partial charge >= 0.3 is 0 Å². The van der Waals surface area contributed by atoms with Crippen molar-refractivity contribution in [1.82, 2.24) is 10.6 Å². The molecule has 2 unspecified atom stereocenters. The van der Waals surface area contributed by atoms with Gasteiger partial charge in [-0.1, -0.05) is 29.3 Å². The van der Waals surface area contributed by atoms with Crippen LogP contribution >= 0.6 is 23.2 Å². The molecule has 2 fully saturated rings. The van der Waals surface area contributed by atoms with Crippen LogP contribution in [0.5, 0.6) is 0 Å². The first-order chi connectivity index (χ1) is 10.0. The second-order valence-electron chi connectivity index (χ2n) is 6.27. The summed E-state index contributed by atoms with van der Waals surface area (Å²) >= 11 is 12.1. The quantitative estimate of drug-likeness (QED) is 0.891. The third-order valence-electron chi connectivity index (χ3n) is 4.89. The highest BCUT2D eigenvalue weighted by atomic mass is 35.5. The molecule has 1 saturated heterocycles. The summed E-state index contributed by atoms with van der Waals surface area (Å²) in [6.45, 7) is 4.02. The molecule has 1 amide bonds. The van der Waals surface area contributed by atoms with Crippen molar-refractivity contribution >= 4 is 29.1 Å². The molecule has 1 aliphatic carbocycles. The lowest BCUT2D eigenvalue weighted by Crippen LogP contribution is -2.34. The van der Waals surface area contributed by atoms with Crippen LogP contribution in [0.4, 0.5) is 0 Å². The van der Waals surface area contributed by atoms with Gasteiger partial charge in [-0.25, -0.2) is 0 Å². The van der Waals surface area contributed by atoms with Crippen LogP contribution in [0.25, 0.3) is 0 Å². The van der Waals surface area contributed by atoms with Crippen molar-refractivity contribution in [3.05, 3.63) is 33.8 Å². The smallest absolute Gasteiger partial charge is 0.224 e. The van der Waals surface area contributed by atoms with Crippen LogP contribution < -0.4 is 10.6 Å². The Hall–Kier alpha value is -0.770. The van der Waals surface area contributed by atoms with Crippen LogP contribution in [0.15, 0.2) is 18.2 Å². The molecule has 2 N–H and O–H groups in total. The van der Waals surface area contributed by atoms with Crippen LogP contribution in [0.3, 0.4) is 0 Å². The molecular formula is C16H20Cl2N2O. The molecule has 0 bridgehead atoms. The van der Waals surface area contributed by atoms with E-state index >= 15 is 0 Å². The number of nitrogens with one attached hydrogen (secondary N) is 2. The van der Waals surface area contributed by atoms with Crippen LogP contribution in [0.2, 0.25) is 10.0 Å². The Kier molecular flexibility index (Phi) is 4.17. The first-order valence-corrected chi connectivity index (χ1v) is 8.23. The third kappa shape index (κ3) is 3.05. The van der Waals surface area contributed by atoms with E-state index in [0.29, 0.717) is 10.0 Å². The van der Waals surface area contributed by atoms with Crippen molar-refractivity contribution < 1.29 is 4.79 Å². The number of piperidine rings is 1. The van der Waals surface area contributed by atoms with Crippen molar-refractivity contribution in [2.24, 2.45) is 11.3 Å². The van der Waals surface area contributed by atoms with E-state index in [0.717, 1.165) is 37.9 Å². The molecule has 1 aromatic carbocycles. The Morgan fingerprint density at radius 2 is 2.10 bits per heavy atom. The summed E-state index contributed by atoms with van der Waals surface area (Å²) in [5.74, 6) is 0.337. The molecule has 3 nitrogen and oxygen atoms in total. The zero-order valence-electron chi connectivity index (χ0n) is 12.1. The molecule has 1 spiro atoms. The third-order valence-corrected chi connectivity index (χ3v) is 5.46. The van der Waals surface area contributed by atoms with Gasteiger partial charge in [-0.2, -0.15) is 0 Å². The van der Waals surface area contributed by atoms with Crippen molar-refractivity contribution in [3.63, 3.8) is 0 Å². The van der Waals surface area contributed by atoms with Crippen LogP contribution in [-0.2, 0) is 4.79 Å². The molecule has 0 aromatic heterocycles. The standard InChI is InChI=1S/C16H20Cl2N2O/c1-10(12-3-2-11(17)8-14(12)18)20-15(21)13-9-16(13)4-6-19-7-5-16/h2-3,8,10,13,19H,4-7,9H2,1H3,(H,20,21). The first-order valence-electron chi connectivity index (χ1n) is 7.48. The first kappa shape index (κ1) is 15.1. The Labute approximate surface area is 135 Å². The molecule has 2 atom stereocenters. The van der Waals surface area contributed by atoms with Gasteiger partial charge in [0.2, 0.25) is 5.91 Å². The Morgan fingerprint density at radius 1 is 1.38 bits per heavy atom. The van der Waals surface area contributed by atoms with Gasteiger partial charge in [0.15, 0.2) is 0 Å². The monoisotopic (exact) mass is 326 g/mol. The molecule has 1 aliphatic heterocycles. The number of carbonyl (C=O) groups is 1. The van der Waals surface area contributed by atoms with Gasteiger partial charge in [-0.05, 0) is 62.4 Å². The van der Waals surface area contributed by atoms with Gasteiger partial charge in [0.25, 0.3) is 0 Å². The number of benzene rings is 1. The Bertz CT molecular complexity index is 555. The summed E-state index contributed by atoms with van der Waals surface area (Å²) < 4.78 is 0. The maximum Gasteiger partial charge on any atom is 0.224 e. The largest absolute Gasteiger partial charge is 0.349 e. The minimum Gasteiger partial charge on any atom is -0.349 e. The van der Waals surface area contributed by atoms with Gasteiger partial charge < -0.3 is 10.6 Å². The molecule has 114 valence electrons. The van der Waals surface area contributed by atoms with Gasteiger partial charge in [0.05, 0.1) is 6.04 Å². The Morgan fingerprint density at radius 3 is 2.76 bits per heavy atom. The van der Waals surface area contributed by atoms with Crippen LogP contribution in [-0.4, -0.2) is 19.0 Å². The fourth-order valence-electron chi connectivity index (χ4n) is 3.44. The highest BCUT2D eigenvalue weighted by molar-refractivity contribution is 6.35. The van der Waals surface area contributed by atoms with E-state index in [9.17, 15) is 4.79 Å². The van der Waals surface area contributed by atoms with Crippen molar-refractivity contribution in [2.75, 3.05) is 13.1 Å². The van der Waals surface area contributed by atoms with E-state index in [2.05, 4.69) is 10.6 Å². The second kappa shape index (κ2) is 5.79. The normalized spacial score (nSPS) is 24.6. The van der Waals surface area contributed by atoms with E-state index in [4.69, 9.17) is 23.2 Å². The number of rotatable bonds is 3. The number of halogens is 2. The van der Waals surface area contributed by atoms with Crippen molar-refractivity contribution in [2.45, 2.75) is 32.2 Å². The number of hydrogen-bond donors (Lipinski definition) is 2. The average Bonchev–Trinajstić information content (AvgIpc) is 3.13. The number of hydrogen-bond acceptors (Lipinski definition) is 2. The maximum atomic E-state index is 12.4. The fraction of sp³-hybridized carbons (Fsp3) is 0.562. The number of carbonyl (C=O) groups excluding carboxylic acids is 1. The molecule has 3 rings (SSSR count). The van der Waals surface area contributed by atoms with Crippen molar-refractivity contribution in [1.29, 1.82) is 0 Å². The van der Waals surface area contributed by atoms with Crippen LogP contribution in [0.1, 0.15) is 37.8 Å². The van der Waals surface area contributed by atoms with E-state index in [1.165, 1.54) is 0 Å². The second-order valence-corrected chi connectivity index (χ2v) is 7.11.